The standard InChI is InChI=1S/C10H8F2N2O2/c1-5(4-13)16-10(15)6-2-7(11)8(12)3-9(6)14/h2-3,5H,14H2,1H3. The van der Waals surface area contributed by atoms with E-state index >= 15 is 0 Å². The molecule has 0 bridgehead atoms. The zero-order valence-corrected chi connectivity index (χ0v) is 8.33. The highest BCUT2D eigenvalue weighted by atomic mass is 19.2. The molecule has 1 aromatic carbocycles. The first-order chi connectivity index (χ1) is 7.45. The zero-order chi connectivity index (χ0) is 12.3. The van der Waals surface area contributed by atoms with Gasteiger partial charge in [0.25, 0.3) is 0 Å². The topological polar surface area (TPSA) is 76.1 Å². The summed E-state index contributed by atoms with van der Waals surface area (Å²) >= 11 is 0. The Morgan fingerprint density at radius 1 is 1.50 bits per heavy atom. The lowest BCUT2D eigenvalue weighted by Gasteiger charge is -2.08. The lowest BCUT2D eigenvalue weighted by atomic mass is 10.1. The number of nitrogen functional groups attached to an aromatic ring is 1. The van der Waals surface area contributed by atoms with Gasteiger partial charge >= 0.3 is 5.97 Å². The predicted octanol–water partition coefficient (Wildman–Crippen LogP) is 1.62. The summed E-state index contributed by atoms with van der Waals surface area (Å²) in [5, 5.41) is 8.41. The molecule has 1 aromatic rings. The molecule has 6 heteroatoms. The highest BCUT2D eigenvalue weighted by Gasteiger charge is 2.17. The van der Waals surface area contributed by atoms with Crippen molar-refractivity contribution in [2.24, 2.45) is 0 Å². The Balaban J connectivity index is 3.01. The van der Waals surface area contributed by atoms with Gasteiger partial charge in [-0.2, -0.15) is 5.26 Å². The van der Waals surface area contributed by atoms with Crippen molar-refractivity contribution in [2.45, 2.75) is 13.0 Å². The molecule has 0 saturated carbocycles. The molecule has 0 fully saturated rings. The van der Waals surface area contributed by atoms with Gasteiger partial charge in [-0.1, -0.05) is 0 Å². The number of nitriles is 1. The van der Waals surface area contributed by atoms with E-state index in [2.05, 4.69) is 4.74 Å². The summed E-state index contributed by atoms with van der Waals surface area (Å²) in [7, 11) is 0. The number of hydrogen-bond donors (Lipinski definition) is 1. The number of halogens is 2. The van der Waals surface area contributed by atoms with Gasteiger partial charge in [-0.25, -0.2) is 13.6 Å². The van der Waals surface area contributed by atoms with Gasteiger partial charge in [-0.15, -0.1) is 0 Å². The molecular weight excluding hydrogens is 218 g/mol. The molecule has 0 aliphatic rings. The van der Waals surface area contributed by atoms with Crippen molar-refractivity contribution < 1.29 is 18.3 Å². The monoisotopic (exact) mass is 226 g/mol. The van der Waals surface area contributed by atoms with E-state index in [4.69, 9.17) is 11.0 Å². The van der Waals surface area contributed by atoms with Crippen molar-refractivity contribution >= 4 is 11.7 Å². The summed E-state index contributed by atoms with van der Waals surface area (Å²) in [5.41, 5.74) is 4.77. The van der Waals surface area contributed by atoms with Crippen LogP contribution >= 0.6 is 0 Å². The number of benzene rings is 1. The molecule has 0 spiro atoms. The molecule has 0 aromatic heterocycles. The summed E-state index contributed by atoms with van der Waals surface area (Å²) in [6.45, 7) is 1.34. The average molecular weight is 226 g/mol. The average Bonchev–Trinajstić information content (AvgIpc) is 2.23. The van der Waals surface area contributed by atoms with Crippen molar-refractivity contribution in [3.63, 3.8) is 0 Å². The van der Waals surface area contributed by atoms with E-state index in [-0.39, 0.29) is 11.3 Å². The largest absolute Gasteiger partial charge is 0.444 e. The van der Waals surface area contributed by atoms with E-state index in [1.807, 2.05) is 0 Å². The van der Waals surface area contributed by atoms with Crippen molar-refractivity contribution in [1.82, 2.24) is 0 Å². The van der Waals surface area contributed by atoms with Gasteiger partial charge in [-0.3, -0.25) is 0 Å². The maximum absolute atomic E-state index is 12.8. The Morgan fingerprint density at radius 3 is 2.62 bits per heavy atom. The van der Waals surface area contributed by atoms with Crippen LogP contribution in [0.2, 0.25) is 0 Å². The first-order valence-corrected chi connectivity index (χ1v) is 4.30. The predicted molar refractivity (Wildman–Crippen MR) is 51.3 cm³/mol. The van der Waals surface area contributed by atoms with Gasteiger partial charge in [0.05, 0.1) is 5.56 Å². The maximum atomic E-state index is 12.8. The second-order valence-corrected chi connectivity index (χ2v) is 3.03. The van der Waals surface area contributed by atoms with Crippen molar-refractivity contribution in [2.75, 3.05) is 5.73 Å². The van der Waals surface area contributed by atoms with Crippen LogP contribution < -0.4 is 5.73 Å². The van der Waals surface area contributed by atoms with Crippen molar-refractivity contribution in [3.05, 3.63) is 29.3 Å². The lowest BCUT2D eigenvalue weighted by molar-refractivity contribution is 0.0436. The second kappa shape index (κ2) is 4.57. The van der Waals surface area contributed by atoms with Crippen molar-refractivity contribution in [3.8, 4) is 6.07 Å². The third-order valence-electron chi connectivity index (χ3n) is 1.78. The summed E-state index contributed by atoms with van der Waals surface area (Å²) in [4.78, 5) is 11.4. The molecule has 1 rings (SSSR count). The fourth-order valence-corrected chi connectivity index (χ4v) is 0.989. The fraction of sp³-hybridized carbons (Fsp3) is 0.200. The molecule has 1 atom stereocenters. The van der Waals surface area contributed by atoms with Crippen LogP contribution in [-0.2, 0) is 4.74 Å². The van der Waals surface area contributed by atoms with Gasteiger partial charge in [0, 0.05) is 11.8 Å². The van der Waals surface area contributed by atoms with Crippen molar-refractivity contribution in [1.29, 1.82) is 5.26 Å². The number of nitrogens with two attached hydrogens (primary N) is 1. The number of esters is 1. The normalized spacial score (nSPS) is 11.6. The molecular formula is C10H8F2N2O2. The minimum Gasteiger partial charge on any atom is -0.444 e. The fourth-order valence-electron chi connectivity index (χ4n) is 0.989. The van der Waals surface area contributed by atoms with Gasteiger partial charge in [-0.05, 0) is 13.0 Å². The van der Waals surface area contributed by atoms with Crippen LogP contribution in [0, 0.1) is 23.0 Å². The smallest absolute Gasteiger partial charge is 0.341 e. The maximum Gasteiger partial charge on any atom is 0.341 e. The minimum absolute atomic E-state index is 0.242. The number of nitrogens with zero attached hydrogens (tertiary/aromatic N) is 1. The first kappa shape index (κ1) is 11.9. The Kier molecular flexibility index (Phi) is 3.40. The van der Waals surface area contributed by atoms with Gasteiger partial charge in [0.2, 0.25) is 0 Å². The van der Waals surface area contributed by atoms with E-state index in [0.29, 0.717) is 12.1 Å². The first-order valence-electron chi connectivity index (χ1n) is 4.30. The summed E-state index contributed by atoms with van der Waals surface area (Å²) < 4.78 is 30.1. The Morgan fingerprint density at radius 2 is 2.06 bits per heavy atom. The van der Waals surface area contributed by atoms with Crippen LogP contribution in [-0.4, -0.2) is 12.1 Å². The number of anilines is 1. The van der Waals surface area contributed by atoms with Crippen LogP contribution in [0.1, 0.15) is 17.3 Å². The molecule has 84 valence electrons. The lowest BCUT2D eigenvalue weighted by Crippen LogP contribution is -2.15. The Hall–Kier alpha value is -2.16. The Bertz CT molecular complexity index is 469. The van der Waals surface area contributed by atoms with Gasteiger partial charge in [0.15, 0.2) is 17.7 Å². The summed E-state index contributed by atoms with van der Waals surface area (Å²) in [6.07, 6.45) is -0.986. The number of carbonyl (C=O) groups excluding carboxylic acids is 1. The number of rotatable bonds is 2. The summed E-state index contributed by atoms with van der Waals surface area (Å²) in [5.74, 6) is -3.32. The van der Waals surface area contributed by atoms with Crippen LogP contribution in [0.4, 0.5) is 14.5 Å². The van der Waals surface area contributed by atoms with Crippen LogP contribution in [0.5, 0.6) is 0 Å². The van der Waals surface area contributed by atoms with Crippen LogP contribution in [0.25, 0.3) is 0 Å². The second-order valence-electron chi connectivity index (χ2n) is 3.03. The van der Waals surface area contributed by atoms with Crippen LogP contribution in [0.15, 0.2) is 12.1 Å². The molecule has 0 saturated heterocycles. The molecule has 2 N–H and O–H groups in total. The van der Waals surface area contributed by atoms with Crippen LogP contribution in [0.3, 0.4) is 0 Å². The quantitative estimate of drug-likeness (QED) is 0.614. The van der Waals surface area contributed by atoms with Gasteiger partial charge < -0.3 is 10.5 Å². The Labute approximate surface area is 90.2 Å². The minimum atomic E-state index is -1.20. The molecule has 0 aliphatic heterocycles. The number of carbonyl (C=O) groups is 1. The van der Waals surface area contributed by atoms with Gasteiger partial charge in [0.1, 0.15) is 6.07 Å². The van der Waals surface area contributed by atoms with E-state index in [9.17, 15) is 13.6 Å². The summed E-state index contributed by atoms with van der Waals surface area (Å²) in [6, 6.07) is 2.98. The number of hydrogen-bond acceptors (Lipinski definition) is 4. The van der Waals surface area contributed by atoms with E-state index in [0.717, 1.165) is 0 Å². The molecule has 1 unspecified atom stereocenters. The molecule has 16 heavy (non-hydrogen) atoms. The third kappa shape index (κ3) is 2.45. The SMILES string of the molecule is CC(C#N)OC(=O)c1cc(F)c(F)cc1N. The molecule has 0 amide bonds. The van der Waals surface area contributed by atoms with E-state index in [1.54, 1.807) is 6.07 Å². The third-order valence-corrected chi connectivity index (χ3v) is 1.78. The molecule has 0 radical (unpaired) electrons. The van der Waals surface area contributed by atoms with E-state index in [1.165, 1.54) is 6.92 Å². The number of ether oxygens (including phenoxy) is 1. The molecule has 4 nitrogen and oxygen atoms in total. The molecule has 0 heterocycles. The molecule has 0 aliphatic carbocycles. The highest BCUT2D eigenvalue weighted by molar-refractivity contribution is 5.95. The zero-order valence-electron chi connectivity index (χ0n) is 8.33. The van der Waals surface area contributed by atoms with E-state index < -0.39 is 23.7 Å². The highest BCUT2D eigenvalue weighted by Crippen LogP contribution is 2.18.